The van der Waals surface area contributed by atoms with Crippen LogP contribution in [0.1, 0.15) is 18.4 Å². The minimum Gasteiger partial charge on any atom is -0.394 e. The number of ether oxygens (including phenoxy) is 1. The van der Waals surface area contributed by atoms with Gasteiger partial charge in [-0.1, -0.05) is 6.07 Å². The second-order valence-electron chi connectivity index (χ2n) is 7.16. The molecule has 3 heterocycles. The van der Waals surface area contributed by atoms with Gasteiger partial charge in [0.25, 0.3) is 0 Å². The van der Waals surface area contributed by atoms with E-state index in [-0.39, 0.29) is 30.3 Å². The molecular formula is C19H23N5O4S. The number of hydrogen-bond donors (Lipinski definition) is 3. The predicted octanol–water partition coefficient (Wildman–Crippen LogP) is 1.11. The molecule has 0 bridgehead atoms. The van der Waals surface area contributed by atoms with Crippen LogP contribution in [0.4, 0.5) is 5.82 Å². The van der Waals surface area contributed by atoms with E-state index in [1.54, 1.807) is 41.2 Å². The lowest BCUT2D eigenvalue weighted by atomic mass is 10.1. The van der Waals surface area contributed by atoms with E-state index in [0.29, 0.717) is 24.3 Å². The standard InChI is InChI=1S/C19H23N5O4S/c1-12-2-5-15(29(26,27)23-13-3-4-14(10-25)28-11-13)8-16(12)17-9-22-19-18(20)21-6-7-24(17)19/h2,5-9,13-14,23,25H,3-4,10-11H2,1H3,(H2,20,21)/t13-,14+/m0/s1. The number of anilines is 1. The molecule has 0 amide bonds. The number of sulfonamides is 1. The third-order valence-corrected chi connectivity index (χ3v) is 6.66. The predicted molar refractivity (Wildman–Crippen MR) is 108 cm³/mol. The highest BCUT2D eigenvalue weighted by molar-refractivity contribution is 7.89. The summed E-state index contributed by atoms with van der Waals surface area (Å²) in [4.78, 5) is 8.51. The Morgan fingerprint density at radius 3 is 2.90 bits per heavy atom. The molecule has 1 aliphatic rings. The van der Waals surface area contributed by atoms with E-state index < -0.39 is 10.0 Å². The van der Waals surface area contributed by atoms with Crippen molar-refractivity contribution < 1.29 is 18.3 Å². The summed E-state index contributed by atoms with van der Waals surface area (Å²) in [5.74, 6) is 0.306. The van der Waals surface area contributed by atoms with Gasteiger partial charge in [0.1, 0.15) is 0 Å². The average Bonchev–Trinajstić information content (AvgIpc) is 3.14. The van der Waals surface area contributed by atoms with Crippen LogP contribution in [-0.4, -0.2) is 53.3 Å². The fourth-order valence-corrected chi connectivity index (χ4v) is 4.79. The van der Waals surface area contributed by atoms with Gasteiger partial charge in [-0.05, 0) is 37.5 Å². The Hall–Kier alpha value is -2.53. The highest BCUT2D eigenvalue weighted by Gasteiger charge is 2.26. The number of aromatic nitrogens is 3. The smallest absolute Gasteiger partial charge is 0.240 e. The minimum absolute atomic E-state index is 0.0554. The zero-order valence-corrected chi connectivity index (χ0v) is 16.8. The van der Waals surface area contributed by atoms with Crippen LogP contribution in [0, 0.1) is 6.92 Å². The molecule has 4 N–H and O–H groups in total. The minimum atomic E-state index is -3.74. The zero-order valence-electron chi connectivity index (χ0n) is 15.9. The maximum absolute atomic E-state index is 12.9. The van der Waals surface area contributed by atoms with Crippen LogP contribution in [0.3, 0.4) is 0 Å². The number of nitrogens with one attached hydrogen (secondary N) is 1. The highest BCUT2D eigenvalue weighted by atomic mass is 32.2. The summed E-state index contributed by atoms with van der Waals surface area (Å²) >= 11 is 0. The molecule has 9 nitrogen and oxygen atoms in total. The van der Waals surface area contributed by atoms with Gasteiger partial charge in [0.15, 0.2) is 11.5 Å². The average molecular weight is 417 g/mol. The van der Waals surface area contributed by atoms with E-state index in [1.807, 2.05) is 6.92 Å². The number of benzene rings is 1. The molecule has 1 aromatic carbocycles. The first-order valence-corrected chi connectivity index (χ1v) is 10.8. The Labute approximate surface area is 168 Å². The number of hydrogen-bond acceptors (Lipinski definition) is 7. The molecule has 3 aromatic rings. The molecule has 1 saturated heterocycles. The molecule has 2 atom stereocenters. The lowest BCUT2D eigenvalue weighted by Crippen LogP contribution is -2.43. The molecule has 2 aromatic heterocycles. The molecule has 0 radical (unpaired) electrons. The van der Waals surface area contributed by atoms with Crippen LogP contribution >= 0.6 is 0 Å². The van der Waals surface area contributed by atoms with E-state index in [2.05, 4.69) is 14.7 Å². The molecule has 0 saturated carbocycles. The lowest BCUT2D eigenvalue weighted by Gasteiger charge is -2.28. The number of nitrogens with two attached hydrogens (primary N) is 1. The first-order chi connectivity index (χ1) is 13.9. The van der Waals surface area contributed by atoms with Gasteiger partial charge in [-0.3, -0.25) is 4.40 Å². The van der Waals surface area contributed by atoms with Crippen molar-refractivity contribution >= 4 is 21.5 Å². The fourth-order valence-electron chi connectivity index (χ4n) is 3.51. The summed E-state index contributed by atoms with van der Waals surface area (Å²) in [5.41, 5.74) is 8.78. The Morgan fingerprint density at radius 2 is 2.17 bits per heavy atom. The number of imidazole rings is 1. The van der Waals surface area contributed by atoms with Crippen LogP contribution in [0.25, 0.3) is 16.9 Å². The summed E-state index contributed by atoms with van der Waals surface area (Å²) < 4.78 is 35.8. The maximum Gasteiger partial charge on any atom is 0.240 e. The highest BCUT2D eigenvalue weighted by Crippen LogP contribution is 2.28. The van der Waals surface area contributed by atoms with Crippen molar-refractivity contribution in [2.75, 3.05) is 18.9 Å². The van der Waals surface area contributed by atoms with Crippen LogP contribution in [0.2, 0.25) is 0 Å². The Bertz CT molecular complexity index is 1140. The summed E-state index contributed by atoms with van der Waals surface area (Å²) in [5, 5.41) is 9.14. The van der Waals surface area contributed by atoms with Gasteiger partial charge in [0.2, 0.25) is 10.0 Å². The lowest BCUT2D eigenvalue weighted by molar-refractivity contribution is -0.0280. The van der Waals surface area contributed by atoms with Crippen molar-refractivity contribution in [1.29, 1.82) is 0 Å². The van der Waals surface area contributed by atoms with Crippen LogP contribution in [0.15, 0.2) is 41.7 Å². The van der Waals surface area contributed by atoms with Crippen molar-refractivity contribution in [2.45, 2.75) is 36.8 Å². The molecule has 0 spiro atoms. The van der Waals surface area contributed by atoms with Crippen molar-refractivity contribution in [3.05, 3.63) is 42.4 Å². The Balaban J connectivity index is 1.65. The van der Waals surface area contributed by atoms with Gasteiger partial charge in [-0.25, -0.2) is 23.1 Å². The molecule has 10 heteroatoms. The molecular weight excluding hydrogens is 394 g/mol. The van der Waals surface area contributed by atoms with E-state index >= 15 is 0 Å². The van der Waals surface area contributed by atoms with Gasteiger partial charge in [-0.15, -0.1) is 0 Å². The zero-order chi connectivity index (χ0) is 20.6. The summed E-state index contributed by atoms with van der Waals surface area (Å²) in [7, 11) is -3.74. The van der Waals surface area contributed by atoms with Crippen molar-refractivity contribution in [1.82, 2.24) is 19.1 Å². The van der Waals surface area contributed by atoms with E-state index in [0.717, 1.165) is 16.8 Å². The van der Waals surface area contributed by atoms with Crippen LogP contribution in [-0.2, 0) is 14.8 Å². The SMILES string of the molecule is Cc1ccc(S(=O)(=O)N[C@H]2CC[C@H](CO)OC2)cc1-c1cnc2c(N)nccn12. The second kappa shape index (κ2) is 7.71. The largest absolute Gasteiger partial charge is 0.394 e. The normalized spacial score (nSPS) is 20.2. The second-order valence-corrected chi connectivity index (χ2v) is 8.87. The topological polar surface area (TPSA) is 132 Å². The van der Waals surface area contributed by atoms with Crippen molar-refractivity contribution in [2.24, 2.45) is 0 Å². The molecule has 29 heavy (non-hydrogen) atoms. The summed E-state index contributed by atoms with van der Waals surface area (Å²) in [6.07, 6.45) is 5.97. The van der Waals surface area contributed by atoms with Gasteiger partial charge in [-0.2, -0.15) is 0 Å². The maximum atomic E-state index is 12.9. The molecule has 1 aliphatic heterocycles. The van der Waals surface area contributed by atoms with Crippen LogP contribution < -0.4 is 10.5 Å². The molecule has 0 unspecified atom stereocenters. The van der Waals surface area contributed by atoms with E-state index in [1.165, 1.54) is 0 Å². The number of aryl methyl sites for hydroxylation is 1. The number of rotatable bonds is 5. The van der Waals surface area contributed by atoms with E-state index in [4.69, 9.17) is 15.6 Å². The molecule has 154 valence electrons. The monoisotopic (exact) mass is 417 g/mol. The Morgan fingerprint density at radius 1 is 1.34 bits per heavy atom. The number of aliphatic hydroxyl groups excluding tert-OH is 1. The van der Waals surface area contributed by atoms with Crippen molar-refractivity contribution in [3.63, 3.8) is 0 Å². The third-order valence-electron chi connectivity index (χ3n) is 5.15. The van der Waals surface area contributed by atoms with Gasteiger partial charge in [0, 0.05) is 24.0 Å². The van der Waals surface area contributed by atoms with Gasteiger partial charge in [0.05, 0.1) is 36.1 Å². The van der Waals surface area contributed by atoms with Gasteiger partial charge >= 0.3 is 0 Å². The van der Waals surface area contributed by atoms with E-state index in [9.17, 15) is 8.42 Å². The molecule has 1 fully saturated rings. The quantitative estimate of drug-likeness (QED) is 0.566. The van der Waals surface area contributed by atoms with Crippen molar-refractivity contribution in [3.8, 4) is 11.3 Å². The first-order valence-electron chi connectivity index (χ1n) is 9.32. The number of fused-ring (bicyclic) bond motifs is 1. The molecule has 0 aliphatic carbocycles. The Kier molecular flexibility index (Phi) is 5.26. The number of aliphatic hydroxyl groups is 1. The van der Waals surface area contributed by atoms with Crippen LogP contribution in [0.5, 0.6) is 0 Å². The first kappa shape index (κ1) is 19.8. The number of nitrogens with zero attached hydrogens (tertiary/aromatic N) is 3. The molecule has 4 rings (SSSR count). The third kappa shape index (κ3) is 3.84. The summed E-state index contributed by atoms with van der Waals surface area (Å²) in [6.45, 7) is 2.09. The fraction of sp³-hybridized carbons (Fsp3) is 0.368. The number of nitrogen functional groups attached to an aromatic ring is 1. The summed E-state index contributed by atoms with van der Waals surface area (Å²) in [6, 6.07) is 4.67. The van der Waals surface area contributed by atoms with Gasteiger partial charge < -0.3 is 15.6 Å².